The van der Waals surface area contributed by atoms with Crippen molar-refractivity contribution in [3.05, 3.63) is 11.6 Å². The van der Waals surface area contributed by atoms with Crippen molar-refractivity contribution in [2.24, 2.45) is 46.3 Å². The molecule has 0 spiro atoms. The minimum absolute atomic E-state index is 0. The minimum atomic E-state index is -0.980. The third-order valence-electron chi connectivity index (χ3n) is 10.4. The zero-order valence-electron chi connectivity index (χ0n) is 18.7. The molecule has 0 saturated heterocycles. The van der Waals surface area contributed by atoms with Gasteiger partial charge in [-0.3, -0.25) is 14.4 Å². The number of carbonyl (C=O) groups is 3. The second-order valence-electron chi connectivity index (χ2n) is 11.4. The Kier molecular flexibility index (Phi) is 6.47. The Morgan fingerprint density at radius 2 is 1.94 bits per heavy atom. The van der Waals surface area contributed by atoms with Crippen LogP contribution in [-0.2, 0) is 19.1 Å². The van der Waals surface area contributed by atoms with Crippen molar-refractivity contribution in [2.45, 2.75) is 70.8 Å². The van der Waals surface area contributed by atoms with Crippen LogP contribution in [0.1, 0.15) is 65.2 Å². The molecule has 0 heterocycles. The Morgan fingerprint density at radius 3 is 2.59 bits per heavy atom. The van der Waals surface area contributed by atoms with Crippen LogP contribution in [0.2, 0.25) is 0 Å². The summed E-state index contributed by atoms with van der Waals surface area (Å²) in [5.41, 5.74) is -0.343. The SMILES string of the molecule is COC(=O)[C@@H]1CC2=CC(=O)CC[C@]2(C)[C@H]2CC[C@@]3(C)[C@@H]([C@H]4C[C@H]4[C@@]3(O)CCC(=O)O)[C@H]12.[KH]. The number of carbonyl (C=O) groups excluding carboxylic acids is 2. The molecule has 4 saturated carbocycles. The van der Waals surface area contributed by atoms with E-state index in [9.17, 15) is 24.6 Å². The molecule has 2 N–H and O–H groups in total. The third-order valence-corrected chi connectivity index (χ3v) is 10.4. The van der Waals surface area contributed by atoms with E-state index in [4.69, 9.17) is 4.74 Å². The summed E-state index contributed by atoms with van der Waals surface area (Å²) < 4.78 is 5.25. The number of hydrogen-bond donors (Lipinski definition) is 2. The number of fused-ring (bicyclic) bond motifs is 7. The van der Waals surface area contributed by atoms with E-state index in [-0.39, 0.29) is 116 Å². The van der Waals surface area contributed by atoms with Crippen LogP contribution < -0.4 is 0 Å². The summed E-state index contributed by atoms with van der Waals surface area (Å²) in [5, 5.41) is 21.2. The fourth-order valence-electron chi connectivity index (χ4n) is 8.83. The Bertz CT molecular complexity index is 884. The molecule has 0 aromatic carbocycles. The average molecular weight is 471 g/mol. The zero-order chi connectivity index (χ0) is 22.3. The molecule has 5 aliphatic rings. The zero-order valence-corrected chi connectivity index (χ0v) is 18.7. The normalized spacial score (nSPS) is 48.2. The quantitative estimate of drug-likeness (QED) is 0.484. The van der Waals surface area contributed by atoms with E-state index < -0.39 is 11.6 Å². The van der Waals surface area contributed by atoms with Gasteiger partial charge in [0.2, 0.25) is 0 Å². The molecule has 32 heavy (non-hydrogen) atoms. The summed E-state index contributed by atoms with van der Waals surface area (Å²) in [6.07, 6.45) is 6.65. The Morgan fingerprint density at radius 1 is 1.22 bits per heavy atom. The third kappa shape index (κ3) is 3.32. The van der Waals surface area contributed by atoms with Crippen LogP contribution in [0.5, 0.6) is 0 Å². The molecule has 6 nitrogen and oxygen atoms in total. The average Bonchev–Trinajstić information content (AvgIpc) is 3.48. The van der Waals surface area contributed by atoms with Gasteiger partial charge in [-0.25, -0.2) is 0 Å². The van der Waals surface area contributed by atoms with Crippen molar-refractivity contribution < 1.29 is 29.3 Å². The van der Waals surface area contributed by atoms with Gasteiger partial charge >= 0.3 is 63.3 Å². The molecule has 5 aliphatic carbocycles. The second kappa shape index (κ2) is 8.27. The van der Waals surface area contributed by atoms with E-state index >= 15 is 0 Å². The number of esters is 1. The number of ether oxygens (including phenoxy) is 1. The summed E-state index contributed by atoms with van der Waals surface area (Å²) in [6.45, 7) is 4.42. The van der Waals surface area contributed by atoms with Crippen molar-refractivity contribution in [1.29, 1.82) is 0 Å². The summed E-state index contributed by atoms with van der Waals surface area (Å²) in [7, 11) is 1.44. The molecule has 0 aliphatic heterocycles. The topological polar surface area (TPSA) is 101 Å². The molecular weight excluding hydrogens is 435 g/mol. The molecule has 0 aromatic rings. The van der Waals surface area contributed by atoms with Crippen LogP contribution in [0.15, 0.2) is 11.6 Å². The molecule has 0 bridgehead atoms. The van der Waals surface area contributed by atoms with Crippen LogP contribution in [0.4, 0.5) is 0 Å². The number of hydrogen-bond acceptors (Lipinski definition) is 5. The summed E-state index contributed by atoms with van der Waals surface area (Å²) >= 11 is 0. The predicted octanol–water partition coefficient (Wildman–Crippen LogP) is 2.72. The van der Waals surface area contributed by atoms with Crippen molar-refractivity contribution in [3.8, 4) is 0 Å². The van der Waals surface area contributed by atoms with Crippen LogP contribution in [-0.4, -0.2) is 92.0 Å². The molecule has 0 radical (unpaired) electrons. The van der Waals surface area contributed by atoms with Gasteiger partial charge < -0.3 is 14.9 Å². The van der Waals surface area contributed by atoms with E-state index in [1.807, 2.05) is 0 Å². The Labute approximate surface area is 232 Å². The Hall–Kier alpha value is -0.0536. The fourth-order valence-corrected chi connectivity index (χ4v) is 8.83. The molecule has 0 unspecified atom stereocenters. The first-order valence-corrected chi connectivity index (χ1v) is 11.8. The van der Waals surface area contributed by atoms with Gasteiger partial charge in [0.15, 0.2) is 5.78 Å². The van der Waals surface area contributed by atoms with Crippen LogP contribution in [0.25, 0.3) is 0 Å². The molecule has 5 rings (SSSR count). The number of rotatable bonds is 4. The first-order valence-electron chi connectivity index (χ1n) is 11.8. The first-order chi connectivity index (χ1) is 14.6. The molecular formula is C25H35KO6. The van der Waals surface area contributed by atoms with Gasteiger partial charge in [0, 0.05) is 18.3 Å². The number of ketones is 1. The first kappa shape index (κ1) is 25.1. The van der Waals surface area contributed by atoms with Gasteiger partial charge in [-0.2, -0.15) is 0 Å². The van der Waals surface area contributed by atoms with Gasteiger partial charge in [-0.15, -0.1) is 0 Å². The monoisotopic (exact) mass is 470 g/mol. The molecule has 9 atom stereocenters. The van der Waals surface area contributed by atoms with E-state index in [0.717, 1.165) is 31.3 Å². The number of carboxylic acid groups (broad SMARTS) is 1. The fraction of sp³-hybridized carbons (Fsp3) is 0.800. The molecule has 172 valence electrons. The number of carboxylic acids is 1. The Balaban J connectivity index is 0.00000245. The van der Waals surface area contributed by atoms with Gasteiger partial charge in [0.1, 0.15) is 0 Å². The van der Waals surface area contributed by atoms with E-state index in [1.165, 1.54) is 7.11 Å². The van der Waals surface area contributed by atoms with Gasteiger partial charge in [-0.1, -0.05) is 19.4 Å². The van der Waals surface area contributed by atoms with Crippen molar-refractivity contribution in [2.75, 3.05) is 7.11 Å². The van der Waals surface area contributed by atoms with Gasteiger partial charge in [-0.05, 0) is 79.6 Å². The van der Waals surface area contributed by atoms with Crippen molar-refractivity contribution >= 4 is 69.1 Å². The van der Waals surface area contributed by atoms with E-state index in [2.05, 4.69) is 13.8 Å². The predicted molar refractivity (Wildman–Crippen MR) is 119 cm³/mol. The van der Waals surface area contributed by atoms with E-state index in [0.29, 0.717) is 18.8 Å². The van der Waals surface area contributed by atoms with Crippen LogP contribution in [0.3, 0.4) is 0 Å². The summed E-state index contributed by atoms with van der Waals surface area (Å²) in [4.78, 5) is 36.5. The van der Waals surface area contributed by atoms with Gasteiger partial charge in [0.25, 0.3) is 0 Å². The van der Waals surface area contributed by atoms with Gasteiger partial charge in [0.05, 0.1) is 18.6 Å². The van der Waals surface area contributed by atoms with Crippen LogP contribution >= 0.6 is 0 Å². The number of methoxy groups -OCH3 is 1. The summed E-state index contributed by atoms with van der Waals surface area (Å²) in [5.74, 6) is -0.158. The standard InChI is InChI=1S/C25H34O6.K.H/c1-23-7-4-14(26)10-13(23)11-16(22(29)31-3)20-17(23)5-8-24(2)21(20)15-12-18(15)25(24,30)9-6-19(27)28;;/h10,15-18,20-21,30H,4-9,11-12H2,1-3H3,(H,27,28);;/t15-,16+,17-,18+,20+,21-,23-,24-,25-;;/m0../s1. The molecule has 7 heteroatoms. The summed E-state index contributed by atoms with van der Waals surface area (Å²) in [6, 6.07) is 0. The van der Waals surface area contributed by atoms with Crippen molar-refractivity contribution in [1.82, 2.24) is 0 Å². The maximum absolute atomic E-state index is 13.0. The molecule has 0 aromatic heterocycles. The van der Waals surface area contributed by atoms with Crippen molar-refractivity contribution in [3.63, 3.8) is 0 Å². The second-order valence-corrected chi connectivity index (χ2v) is 11.4. The molecule has 0 amide bonds. The number of allylic oxidation sites excluding steroid dienone is 1. The molecule has 4 fully saturated rings. The number of aliphatic hydroxyl groups is 1. The van der Waals surface area contributed by atoms with E-state index in [1.54, 1.807) is 6.08 Å². The number of aliphatic carboxylic acids is 1. The maximum atomic E-state index is 13.0. The van der Waals surface area contributed by atoms with Crippen LogP contribution in [0, 0.1) is 46.3 Å².